The van der Waals surface area contributed by atoms with E-state index >= 15 is 0 Å². The van der Waals surface area contributed by atoms with Gasteiger partial charge >= 0.3 is 0 Å². The van der Waals surface area contributed by atoms with Crippen molar-refractivity contribution in [3.63, 3.8) is 0 Å². The van der Waals surface area contributed by atoms with Crippen LogP contribution in [-0.2, 0) is 4.79 Å². The summed E-state index contributed by atoms with van der Waals surface area (Å²) in [5.41, 5.74) is 4.20. The Hall–Kier alpha value is -3.49. The van der Waals surface area contributed by atoms with E-state index in [-0.39, 0.29) is 16.4 Å². The van der Waals surface area contributed by atoms with Gasteiger partial charge in [-0.25, -0.2) is 4.39 Å². The van der Waals surface area contributed by atoms with Gasteiger partial charge in [0.1, 0.15) is 10.9 Å². The molecule has 2 aliphatic heterocycles. The van der Waals surface area contributed by atoms with E-state index in [0.29, 0.717) is 15.9 Å². The molecular formula is C24H17ClFN5OS. The maximum absolute atomic E-state index is 13.6. The molecule has 1 amide bonds. The molecule has 0 unspecified atom stereocenters. The highest BCUT2D eigenvalue weighted by Gasteiger charge is 2.36. The minimum absolute atomic E-state index is 0.0296. The standard InChI is InChI=1S/C24H17ClFN5OS/c1-13-10-16(14(2)30(13)17-8-9-20(26)19(25)12-17)11-18-21(27)31-24(28-22(18)32)33-23(29-31)15-6-4-3-5-7-15/h3-12,27H,1-2H3/b18-11-,27-21?. The number of nitrogens with zero attached hydrogens (tertiary/aromatic N) is 4. The van der Waals surface area contributed by atoms with E-state index in [4.69, 9.17) is 17.0 Å². The molecule has 2 aromatic carbocycles. The number of aliphatic imine (C=N–C) groups is 1. The number of amides is 1. The number of aryl methyl sites for hydroxylation is 1. The fraction of sp³-hybridized carbons (Fsp3) is 0.0833. The average Bonchev–Trinajstić information content (AvgIpc) is 3.34. The molecule has 9 heteroatoms. The molecule has 1 aromatic heterocycles. The molecule has 2 aliphatic rings. The zero-order valence-electron chi connectivity index (χ0n) is 17.6. The molecule has 5 rings (SSSR count). The Morgan fingerprint density at radius 3 is 2.61 bits per heavy atom. The number of benzene rings is 2. The molecule has 0 saturated carbocycles. The number of carbonyl (C=O) groups excluding carboxylic acids is 1. The second-order valence-electron chi connectivity index (χ2n) is 7.55. The lowest BCUT2D eigenvalue weighted by molar-refractivity contribution is -0.114. The van der Waals surface area contributed by atoms with Crippen molar-refractivity contribution in [3.05, 3.63) is 93.5 Å². The Kier molecular flexibility index (Phi) is 5.26. The topological polar surface area (TPSA) is 73.8 Å². The summed E-state index contributed by atoms with van der Waals surface area (Å²) in [7, 11) is 0. The largest absolute Gasteiger partial charge is 0.318 e. The van der Waals surface area contributed by atoms with Gasteiger partial charge in [-0.1, -0.05) is 41.9 Å². The van der Waals surface area contributed by atoms with Gasteiger partial charge in [-0.3, -0.25) is 10.2 Å². The van der Waals surface area contributed by atoms with Gasteiger partial charge in [0, 0.05) is 22.6 Å². The van der Waals surface area contributed by atoms with Gasteiger partial charge < -0.3 is 4.57 Å². The van der Waals surface area contributed by atoms with Crippen LogP contribution in [0.4, 0.5) is 4.39 Å². The molecule has 6 nitrogen and oxygen atoms in total. The Balaban J connectivity index is 1.52. The highest BCUT2D eigenvalue weighted by atomic mass is 35.5. The minimum atomic E-state index is -0.488. The van der Waals surface area contributed by atoms with E-state index in [2.05, 4.69) is 10.1 Å². The lowest BCUT2D eigenvalue weighted by Gasteiger charge is -2.20. The zero-order chi connectivity index (χ0) is 23.3. The molecule has 0 radical (unpaired) electrons. The molecule has 0 atom stereocenters. The molecule has 3 heterocycles. The quantitative estimate of drug-likeness (QED) is 0.502. The van der Waals surface area contributed by atoms with E-state index in [1.165, 1.54) is 22.8 Å². The predicted molar refractivity (Wildman–Crippen MR) is 131 cm³/mol. The van der Waals surface area contributed by atoms with Crippen LogP contribution in [0.15, 0.2) is 70.3 Å². The first-order valence-electron chi connectivity index (χ1n) is 10.0. The van der Waals surface area contributed by atoms with Gasteiger partial charge in [0.25, 0.3) is 5.91 Å². The third-order valence-electron chi connectivity index (χ3n) is 5.41. The van der Waals surface area contributed by atoms with Crippen LogP contribution in [0.5, 0.6) is 0 Å². The lowest BCUT2D eigenvalue weighted by Crippen LogP contribution is -2.35. The van der Waals surface area contributed by atoms with Gasteiger partial charge in [-0.15, -0.1) is 0 Å². The molecule has 1 N–H and O–H groups in total. The molecule has 0 saturated heterocycles. The summed E-state index contributed by atoms with van der Waals surface area (Å²) in [6, 6.07) is 16.0. The molecular weight excluding hydrogens is 461 g/mol. The van der Waals surface area contributed by atoms with Crippen molar-refractivity contribution in [1.29, 1.82) is 5.41 Å². The number of fused-ring (bicyclic) bond motifs is 1. The molecule has 0 fully saturated rings. The third-order valence-corrected chi connectivity index (χ3v) is 6.65. The zero-order valence-corrected chi connectivity index (χ0v) is 19.2. The number of hydrogen-bond acceptors (Lipinski definition) is 4. The van der Waals surface area contributed by atoms with Crippen molar-refractivity contribution < 1.29 is 9.18 Å². The highest BCUT2D eigenvalue weighted by molar-refractivity contribution is 8.27. The summed E-state index contributed by atoms with van der Waals surface area (Å²) in [6.07, 6.45) is 1.65. The van der Waals surface area contributed by atoms with Crippen LogP contribution in [0.3, 0.4) is 0 Å². The molecule has 3 aromatic rings. The Bertz CT molecular complexity index is 1420. The normalized spacial score (nSPS) is 16.8. The Labute approximate surface area is 198 Å². The predicted octanol–water partition coefficient (Wildman–Crippen LogP) is 5.55. The van der Waals surface area contributed by atoms with E-state index in [9.17, 15) is 9.18 Å². The second kappa shape index (κ2) is 8.13. The third kappa shape index (κ3) is 3.71. The van der Waals surface area contributed by atoms with Gasteiger partial charge in [-0.2, -0.15) is 15.1 Å². The second-order valence-corrected chi connectivity index (χ2v) is 8.91. The summed E-state index contributed by atoms with van der Waals surface area (Å²) in [5, 5.41) is 15.6. The summed E-state index contributed by atoms with van der Waals surface area (Å²) in [6.45, 7) is 3.80. The van der Waals surface area contributed by atoms with Crippen molar-refractivity contribution >= 4 is 51.4 Å². The molecule has 0 spiro atoms. The van der Waals surface area contributed by atoms with Crippen LogP contribution in [0.2, 0.25) is 5.02 Å². The first-order valence-corrected chi connectivity index (χ1v) is 11.2. The Morgan fingerprint density at radius 1 is 1.12 bits per heavy atom. The van der Waals surface area contributed by atoms with Gasteiger partial charge in [0.05, 0.1) is 10.6 Å². The van der Waals surface area contributed by atoms with Crippen LogP contribution in [0.1, 0.15) is 22.5 Å². The molecule has 33 heavy (non-hydrogen) atoms. The molecule has 164 valence electrons. The van der Waals surface area contributed by atoms with Gasteiger partial charge in [0.2, 0.25) is 5.17 Å². The van der Waals surface area contributed by atoms with E-state index in [0.717, 1.165) is 22.5 Å². The number of carbonyl (C=O) groups is 1. The summed E-state index contributed by atoms with van der Waals surface area (Å²) in [5.74, 6) is -1.00. The van der Waals surface area contributed by atoms with Gasteiger partial charge in [0.15, 0.2) is 5.84 Å². The average molecular weight is 478 g/mol. The Morgan fingerprint density at radius 2 is 1.88 bits per heavy atom. The van der Waals surface area contributed by atoms with Crippen LogP contribution < -0.4 is 0 Å². The molecule has 0 aliphatic carbocycles. The van der Waals surface area contributed by atoms with E-state index < -0.39 is 11.7 Å². The number of hydrazone groups is 1. The summed E-state index contributed by atoms with van der Waals surface area (Å²) in [4.78, 5) is 17.0. The van der Waals surface area contributed by atoms with Crippen LogP contribution in [-0.4, -0.2) is 31.5 Å². The highest BCUT2D eigenvalue weighted by Crippen LogP contribution is 2.32. The number of aromatic nitrogens is 1. The van der Waals surface area contributed by atoms with Crippen molar-refractivity contribution in [1.82, 2.24) is 9.58 Å². The van der Waals surface area contributed by atoms with Crippen LogP contribution in [0.25, 0.3) is 11.8 Å². The SMILES string of the molecule is Cc1cc(/C=C2/C(=N)N3N=C(c4ccccc4)SC3=NC2=O)c(C)n1-c1ccc(F)c(Cl)c1. The first-order chi connectivity index (χ1) is 15.8. The smallest absolute Gasteiger partial charge is 0.283 e. The van der Waals surface area contributed by atoms with Gasteiger partial charge in [-0.05, 0) is 61.5 Å². The van der Waals surface area contributed by atoms with Crippen LogP contribution in [0, 0.1) is 25.1 Å². The number of hydrogen-bond donors (Lipinski definition) is 1. The first kappa shape index (κ1) is 21.4. The fourth-order valence-electron chi connectivity index (χ4n) is 3.80. The summed E-state index contributed by atoms with van der Waals surface area (Å²) < 4.78 is 15.5. The molecule has 0 bridgehead atoms. The fourth-order valence-corrected chi connectivity index (χ4v) is 4.87. The number of amidine groups is 2. The number of halogens is 2. The summed E-state index contributed by atoms with van der Waals surface area (Å²) >= 11 is 7.23. The van der Waals surface area contributed by atoms with Crippen LogP contribution >= 0.6 is 23.4 Å². The number of rotatable bonds is 3. The van der Waals surface area contributed by atoms with E-state index in [1.807, 2.05) is 54.8 Å². The lowest BCUT2D eigenvalue weighted by atomic mass is 10.1. The maximum atomic E-state index is 13.6. The van der Waals surface area contributed by atoms with Crippen molar-refractivity contribution in [3.8, 4) is 5.69 Å². The van der Waals surface area contributed by atoms with Crippen molar-refractivity contribution in [2.24, 2.45) is 10.1 Å². The number of thioether (sulfide) groups is 1. The maximum Gasteiger partial charge on any atom is 0.283 e. The van der Waals surface area contributed by atoms with Crippen molar-refractivity contribution in [2.75, 3.05) is 0 Å². The number of nitrogens with one attached hydrogen (secondary N) is 1. The van der Waals surface area contributed by atoms with E-state index in [1.54, 1.807) is 18.2 Å². The minimum Gasteiger partial charge on any atom is -0.318 e. The van der Waals surface area contributed by atoms with Crippen molar-refractivity contribution in [2.45, 2.75) is 13.8 Å². The monoisotopic (exact) mass is 477 g/mol.